The van der Waals surface area contributed by atoms with Gasteiger partial charge in [-0.15, -0.1) is 0 Å². The molecule has 2 rings (SSSR count). The van der Waals surface area contributed by atoms with Gasteiger partial charge in [0.25, 0.3) is 0 Å². The molecule has 1 aliphatic rings. The fraction of sp³-hybridized carbons (Fsp3) is 0.545. The van der Waals surface area contributed by atoms with E-state index in [2.05, 4.69) is 23.6 Å². The molecule has 0 spiro atoms. The minimum Gasteiger partial charge on any atom is -0.281 e. The van der Waals surface area contributed by atoms with Gasteiger partial charge in [-0.25, -0.2) is 8.42 Å². The van der Waals surface area contributed by atoms with E-state index in [0.29, 0.717) is 18.0 Å². The first-order valence-electron chi connectivity index (χ1n) is 5.39. The Labute approximate surface area is 96.1 Å². The molecule has 0 bridgehead atoms. The van der Waals surface area contributed by atoms with Crippen molar-refractivity contribution in [3.63, 3.8) is 0 Å². The van der Waals surface area contributed by atoms with Crippen LogP contribution in [0.15, 0.2) is 6.20 Å². The Morgan fingerprint density at radius 2 is 2.12 bits per heavy atom. The predicted octanol–water partition coefficient (Wildman–Crippen LogP) is 1.81. The highest BCUT2D eigenvalue weighted by Crippen LogP contribution is 2.30. The van der Waals surface area contributed by atoms with Crippen molar-refractivity contribution in [2.75, 3.05) is 10.5 Å². The molecular weight excluding hydrogens is 224 g/mol. The standard InChI is InChI=1S/C11H16N2O2S/c1-7(2)9-6-12-10-4-5-16(14,15)13-11(10)8(9)3/h6-7,13H,4-5H2,1-3H3. The molecule has 0 aliphatic carbocycles. The zero-order valence-electron chi connectivity index (χ0n) is 9.74. The van der Waals surface area contributed by atoms with Crippen molar-refractivity contribution in [3.05, 3.63) is 23.0 Å². The highest BCUT2D eigenvalue weighted by molar-refractivity contribution is 7.92. The number of fused-ring (bicyclic) bond motifs is 1. The van der Waals surface area contributed by atoms with Crippen LogP contribution >= 0.6 is 0 Å². The van der Waals surface area contributed by atoms with Crippen LogP contribution in [0.4, 0.5) is 5.69 Å². The van der Waals surface area contributed by atoms with Gasteiger partial charge in [0, 0.05) is 12.6 Å². The Hall–Kier alpha value is -1.10. The van der Waals surface area contributed by atoms with Crippen molar-refractivity contribution in [1.82, 2.24) is 4.98 Å². The maximum Gasteiger partial charge on any atom is 0.233 e. The van der Waals surface area contributed by atoms with Crippen LogP contribution in [0, 0.1) is 6.92 Å². The highest BCUT2D eigenvalue weighted by atomic mass is 32.2. The summed E-state index contributed by atoms with van der Waals surface area (Å²) in [5, 5.41) is 0. The third-order valence-corrected chi connectivity index (χ3v) is 4.20. The number of nitrogens with zero attached hydrogens (tertiary/aromatic N) is 1. The molecule has 88 valence electrons. The molecule has 0 radical (unpaired) electrons. The lowest BCUT2D eigenvalue weighted by molar-refractivity contribution is 0.598. The number of hydrogen-bond donors (Lipinski definition) is 1. The van der Waals surface area contributed by atoms with Crippen LogP contribution < -0.4 is 4.72 Å². The molecule has 0 aromatic carbocycles. The van der Waals surface area contributed by atoms with Crippen LogP contribution in [0.25, 0.3) is 0 Å². The Morgan fingerprint density at radius 1 is 1.44 bits per heavy atom. The molecule has 2 heterocycles. The van der Waals surface area contributed by atoms with Gasteiger partial charge in [-0.05, 0) is 24.0 Å². The lowest BCUT2D eigenvalue weighted by Gasteiger charge is -2.22. The first-order chi connectivity index (χ1) is 7.41. The molecule has 0 saturated carbocycles. The molecule has 0 fully saturated rings. The van der Waals surface area contributed by atoms with E-state index >= 15 is 0 Å². The van der Waals surface area contributed by atoms with Crippen LogP contribution in [-0.4, -0.2) is 19.2 Å². The van der Waals surface area contributed by atoms with Crippen molar-refractivity contribution >= 4 is 15.7 Å². The highest BCUT2D eigenvalue weighted by Gasteiger charge is 2.24. The SMILES string of the molecule is Cc1c(C(C)C)cnc2c1NS(=O)(=O)CC2. The van der Waals surface area contributed by atoms with E-state index in [1.54, 1.807) is 0 Å². The van der Waals surface area contributed by atoms with Gasteiger partial charge >= 0.3 is 0 Å². The summed E-state index contributed by atoms with van der Waals surface area (Å²) in [6.07, 6.45) is 2.36. The van der Waals surface area contributed by atoms with Crippen LogP contribution in [0.1, 0.15) is 36.6 Å². The van der Waals surface area contributed by atoms with E-state index in [4.69, 9.17) is 0 Å². The van der Waals surface area contributed by atoms with Crippen LogP contribution in [-0.2, 0) is 16.4 Å². The molecule has 0 unspecified atom stereocenters. The molecule has 16 heavy (non-hydrogen) atoms. The third kappa shape index (κ3) is 1.91. The smallest absolute Gasteiger partial charge is 0.233 e. The zero-order chi connectivity index (χ0) is 11.9. The quantitative estimate of drug-likeness (QED) is 0.814. The van der Waals surface area contributed by atoms with Crippen molar-refractivity contribution in [1.29, 1.82) is 0 Å². The summed E-state index contributed by atoms with van der Waals surface area (Å²) in [4.78, 5) is 4.34. The second-order valence-corrected chi connectivity index (χ2v) is 6.33. The van der Waals surface area contributed by atoms with Gasteiger partial charge in [-0.1, -0.05) is 13.8 Å². The normalized spacial score (nSPS) is 18.0. The summed E-state index contributed by atoms with van der Waals surface area (Å²) in [6, 6.07) is 0. The van der Waals surface area contributed by atoms with E-state index in [0.717, 1.165) is 16.8 Å². The van der Waals surface area contributed by atoms with E-state index in [9.17, 15) is 8.42 Å². The first kappa shape index (κ1) is 11.4. The fourth-order valence-electron chi connectivity index (χ4n) is 2.01. The van der Waals surface area contributed by atoms with E-state index in [1.165, 1.54) is 0 Å². The Balaban J connectivity index is 2.56. The number of pyridine rings is 1. The Kier molecular flexibility index (Phi) is 2.66. The summed E-state index contributed by atoms with van der Waals surface area (Å²) in [5.41, 5.74) is 3.65. The average molecular weight is 240 g/mol. The van der Waals surface area contributed by atoms with Gasteiger partial charge in [0.05, 0.1) is 17.1 Å². The second-order valence-electron chi connectivity index (χ2n) is 4.49. The van der Waals surface area contributed by atoms with E-state index < -0.39 is 10.0 Å². The number of hydrogen-bond acceptors (Lipinski definition) is 3. The van der Waals surface area contributed by atoms with Gasteiger partial charge < -0.3 is 0 Å². The summed E-state index contributed by atoms with van der Waals surface area (Å²) in [6.45, 7) is 6.10. The maximum atomic E-state index is 11.5. The summed E-state index contributed by atoms with van der Waals surface area (Å²) < 4.78 is 25.6. The average Bonchev–Trinajstić information content (AvgIpc) is 2.18. The molecule has 1 aromatic rings. The van der Waals surface area contributed by atoms with E-state index in [-0.39, 0.29) is 5.75 Å². The van der Waals surface area contributed by atoms with Crippen LogP contribution in [0.2, 0.25) is 0 Å². The van der Waals surface area contributed by atoms with Gasteiger partial charge in [-0.3, -0.25) is 9.71 Å². The molecule has 0 amide bonds. The van der Waals surface area contributed by atoms with Crippen molar-refractivity contribution in [2.24, 2.45) is 0 Å². The predicted molar refractivity (Wildman–Crippen MR) is 64.2 cm³/mol. The van der Waals surface area contributed by atoms with Crippen molar-refractivity contribution < 1.29 is 8.42 Å². The van der Waals surface area contributed by atoms with Gasteiger partial charge in [0.1, 0.15) is 0 Å². The summed E-state index contributed by atoms with van der Waals surface area (Å²) >= 11 is 0. The number of sulfonamides is 1. The van der Waals surface area contributed by atoms with Crippen LogP contribution in [0.3, 0.4) is 0 Å². The van der Waals surface area contributed by atoms with Gasteiger partial charge in [-0.2, -0.15) is 0 Å². The van der Waals surface area contributed by atoms with Crippen molar-refractivity contribution in [3.8, 4) is 0 Å². The maximum absolute atomic E-state index is 11.5. The van der Waals surface area contributed by atoms with Gasteiger partial charge in [0.2, 0.25) is 10.0 Å². The fourth-order valence-corrected chi connectivity index (χ4v) is 3.16. The van der Waals surface area contributed by atoms with Gasteiger partial charge in [0.15, 0.2) is 0 Å². The lowest BCUT2D eigenvalue weighted by Crippen LogP contribution is -2.26. The molecule has 1 aliphatic heterocycles. The lowest BCUT2D eigenvalue weighted by atomic mass is 9.98. The zero-order valence-corrected chi connectivity index (χ0v) is 10.6. The molecule has 5 heteroatoms. The minimum absolute atomic E-state index is 0.132. The first-order valence-corrected chi connectivity index (χ1v) is 7.05. The van der Waals surface area contributed by atoms with E-state index in [1.807, 2.05) is 13.1 Å². The molecule has 4 nitrogen and oxygen atoms in total. The number of nitrogens with one attached hydrogen (secondary N) is 1. The molecule has 0 saturated heterocycles. The number of aryl methyl sites for hydroxylation is 1. The van der Waals surface area contributed by atoms with Crippen LogP contribution in [0.5, 0.6) is 0 Å². The molecule has 1 aromatic heterocycles. The Morgan fingerprint density at radius 3 is 2.75 bits per heavy atom. The summed E-state index contributed by atoms with van der Waals surface area (Å²) in [7, 11) is -3.15. The largest absolute Gasteiger partial charge is 0.281 e. The molecule has 1 N–H and O–H groups in total. The second kappa shape index (κ2) is 3.73. The van der Waals surface area contributed by atoms with Crippen molar-refractivity contribution in [2.45, 2.75) is 33.1 Å². The Bertz CT molecular complexity index is 521. The molecular formula is C11H16N2O2S. The monoisotopic (exact) mass is 240 g/mol. The number of aromatic nitrogens is 1. The topological polar surface area (TPSA) is 59.1 Å². The number of anilines is 1. The minimum atomic E-state index is -3.15. The number of rotatable bonds is 1. The summed E-state index contributed by atoms with van der Waals surface area (Å²) in [5.74, 6) is 0.484. The molecule has 0 atom stereocenters. The third-order valence-electron chi connectivity index (χ3n) is 2.94.